The van der Waals surface area contributed by atoms with E-state index in [9.17, 15) is 0 Å². The van der Waals surface area contributed by atoms with E-state index in [1.165, 1.54) is 18.4 Å². The van der Waals surface area contributed by atoms with Crippen molar-refractivity contribution >= 4 is 15.9 Å². The summed E-state index contributed by atoms with van der Waals surface area (Å²) in [4.78, 5) is 0. The van der Waals surface area contributed by atoms with Gasteiger partial charge in [-0.1, -0.05) is 35.0 Å². The highest BCUT2D eigenvalue weighted by molar-refractivity contribution is 9.10. The van der Waals surface area contributed by atoms with Crippen LogP contribution in [-0.2, 0) is 6.42 Å². The van der Waals surface area contributed by atoms with E-state index >= 15 is 0 Å². The maximum Gasteiger partial charge on any atom is 0.0175 e. The molecule has 16 heavy (non-hydrogen) atoms. The highest BCUT2D eigenvalue weighted by atomic mass is 79.9. The van der Waals surface area contributed by atoms with Crippen LogP contribution in [0.5, 0.6) is 0 Å². The number of likely N-dealkylation sites (N-methyl/N-ethyl adjacent to an activating group) is 1. The molecular formula is C14H20BrN. The molecule has 1 fully saturated rings. The summed E-state index contributed by atoms with van der Waals surface area (Å²) in [6.45, 7) is 2.39. The van der Waals surface area contributed by atoms with Crippen molar-refractivity contribution in [1.82, 2.24) is 5.32 Å². The zero-order valence-electron chi connectivity index (χ0n) is 10.0. The minimum absolute atomic E-state index is 0.619. The Morgan fingerprint density at radius 1 is 1.31 bits per heavy atom. The van der Waals surface area contributed by atoms with Crippen molar-refractivity contribution in [2.45, 2.75) is 32.2 Å². The summed E-state index contributed by atoms with van der Waals surface area (Å²) in [6.07, 6.45) is 4.00. The first-order valence-electron chi connectivity index (χ1n) is 6.12. The fraction of sp³-hybridized carbons (Fsp3) is 0.571. The smallest absolute Gasteiger partial charge is 0.0175 e. The molecule has 0 aliphatic heterocycles. The Bertz CT molecular complexity index is 329. The minimum Gasteiger partial charge on any atom is -0.316 e. The third-order valence-electron chi connectivity index (χ3n) is 3.74. The van der Waals surface area contributed by atoms with Gasteiger partial charge in [-0.15, -0.1) is 0 Å². The zero-order valence-corrected chi connectivity index (χ0v) is 11.6. The van der Waals surface area contributed by atoms with Crippen molar-refractivity contribution < 1.29 is 0 Å². The zero-order chi connectivity index (χ0) is 11.5. The van der Waals surface area contributed by atoms with Crippen LogP contribution in [0.2, 0.25) is 0 Å². The Hall–Kier alpha value is -0.340. The average Bonchev–Trinajstić information content (AvgIpc) is 3.11. The Morgan fingerprint density at radius 2 is 1.94 bits per heavy atom. The fourth-order valence-electron chi connectivity index (χ4n) is 2.38. The molecule has 1 aromatic rings. The number of hydrogen-bond donors (Lipinski definition) is 1. The number of benzene rings is 1. The van der Waals surface area contributed by atoms with Gasteiger partial charge in [0.25, 0.3) is 0 Å². The molecule has 88 valence electrons. The Balaban J connectivity index is 1.97. The average molecular weight is 282 g/mol. The van der Waals surface area contributed by atoms with E-state index in [4.69, 9.17) is 0 Å². The molecule has 2 rings (SSSR count). The summed E-state index contributed by atoms with van der Waals surface area (Å²) in [5.41, 5.74) is 1.43. The van der Waals surface area contributed by atoms with Crippen molar-refractivity contribution in [1.29, 1.82) is 0 Å². The molecule has 0 heterocycles. The standard InChI is InChI=1S/C14H20BrN/c1-10(12-5-6-12)14(16-2)9-11-3-7-13(15)8-4-11/h3-4,7-8,10,12,14,16H,5-6,9H2,1-2H3. The molecule has 1 aliphatic rings. The first-order valence-corrected chi connectivity index (χ1v) is 6.91. The van der Waals surface area contributed by atoms with Crippen LogP contribution in [0.1, 0.15) is 25.3 Å². The van der Waals surface area contributed by atoms with Crippen molar-refractivity contribution in [2.24, 2.45) is 11.8 Å². The van der Waals surface area contributed by atoms with E-state index in [-0.39, 0.29) is 0 Å². The predicted octanol–water partition coefficient (Wildman–Crippen LogP) is 3.63. The van der Waals surface area contributed by atoms with E-state index < -0.39 is 0 Å². The Kier molecular flexibility index (Phi) is 4.04. The lowest BCUT2D eigenvalue weighted by molar-refractivity contribution is 0.358. The SMILES string of the molecule is CNC(Cc1ccc(Br)cc1)C(C)C1CC1. The quantitative estimate of drug-likeness (QED) is 0.869. The Labute approximate surface area is 107 Å². The number of rotatable bonds is 5. The summed E-state index contributed by atoms with van der Waals surface area (Å²) in [5.74, 6) is 1.77. The molecule has 0 spiro atoms. The molecule has 0 aromatic heterocycles. The van der Waals surface area contributed by atoms with E-state index in [1.54, 1.807) is 0 Å². The Morgan fingerprint density at radius 3 is 2.44 bits per heavy atom. The first kappa shape index (κ1) is 12.1. The van der Waals surface area contributed by atoms with Crippen molar-refractivity contribution in [2.75, 3.05) is 7.05 Å². The second-order valence-corrected chi connectivity index (χ2v) is 5.84. The van der Waals surface area contributed by atoms with Crippen molar-refractivity contribution in [3.63, 3.8) is 0 Å². The molecule has 1 aromatic carbocycles. The van der Waals surface area contributed by atoms with Crippen LogP contribution in [0.25, 0.3) is 0 Å². The minimum atomic E-state index is 0.619. The maximum absolute atomic E-state index is 3.48. The van der Waals surface area contributed by atoms with Gasteiger partial charge in [0.15, 0.2) is 0 Å². The molecule has 2 heteroatoms. The monoisotopic (exact) mass is 281 g/mol. The van der Waals surface area contributed by atoms with Crippen LogP contribution < -0.4 is 5.32 Å². The van der Waals surface area contributed by atoms with Gasteiger partial charge in [-0.3, -0.25) is 0 Å². The summed E-state index contributed by atoms with van der Waals surface area (Å²) in [6, 6.07) is 9.31. The molecular weight excluding hydrogens is 262 g/mol. The highest BCUT2D eigenvalue weighted by Crippen LogP contribution is 2.38. The summed E-state index contributed by atoms with van der Waals surface area (Å²) in [7, 11) is 2.09. The normalized spacial score (nSPS) is 19.4. The number of halogens is 1. The van der Waals surface area contributed by atoms with E-state index in [0.717, 1.165) is 22.7 Å². The first-order chi connectivity index (χ1) is 7.70. The lowest BCUT2D eigenvalue weighted by Gasteiger charge is -2.23. The summed E-state index contributed by atoms with van der Waals surface area (Å²) >= 11 is 3.48. The lowest BCUT2D eigenvalue weighted by atomic mass is 9.91. The molecule has 1 N–H and O–H groups in total. The van der Waals surface area contributed by atoms with E-state index in [2.05, 4.69) is 59.5 Å². The molecule has 0 saturated heterocycles. The fourth-order valence-corrected chi connectivity index (χ4v) is 2.64. The second-order valence-electron chi connectivity index (χ2n) is 4.92. The van der Waals surface area contributed by atoms with Gasteiger partial charge >= 0.3 is 0 Å². The van der Waals surface area contributed by atoms with Crippen molar-refractivity contribution in [3.8, 4) is 0 Å². The van der Waals surface area contributed by atoms with Gasteiger partial charge in [0.1, 0.15) is 0 Å². The van der Waals surface area contributed by atoms with Crippen LogP contribution >= 0.6 is 15.9 Å². The van der Waals surface area contributed by atoms with Crippen LogP contribution in [0.3, 0.4) is 0 Å². The lowest BCUT2D eigenvalue weighted by Crippen LogP contribution is -2.35. The van der Waals surface area contributed by atoms with Crippen LogP contribution in [0.15, 0.2) is 28.7 Å². The number of nitrogens with one attached hydrogen (secondary N) is 1. The van der Waals surface area contributed by atoms with Gasteiger partial charge in [-0.05, 0) is 55.8 Å². The molecule has 1 aliphatic carbocycles. The topological polar surface area (TPSA) is 12.0 Å². The predicted molar refractivity (Wildman–Crippen MR) is 72.6 cm³/mol. The molecule has 1 nitrogen and oxygen atoms in total. The van der Waals surface area contributed by atoms with Crippen LogP contribution in [-0.4, -0.2) is 13.1 Å². The van der Waals surface area contributed by atoms with Gasteiger partial charge in [-0.25, -0.2) is 0 Å². The molecule has 1 saturated carbocycles. The molecule has 0 amide bonds. The summed E-state index contributed by atoms with van der Waals surface area (Å²) < 4.78 is 1.16. The summed E-state index contributed by atoms with van der Waals surface area (Å²) in [5, 5.41) is 3.47. The van der Waals surface area contributed by atoms with Gasteiger partial charge in [0, 0.05) is 10.5 Å². The number of hydrogen-bond acceptors (Lipinski definition) is 1. The second kappa shape index (κ2) is 5.33. The van der Waals surface area contributed by atoms with Crippen LogP contribution in [0.4, 0.5) is 0 Å². The van der Waals surface area contributed by atoms with E-state index in [0.29, 0.717) is 6.04 Å². The molecule has 0 radical (unpaired) electrons. The van der Waals surface area contributed by atoms with Crippen molar-refractivity contribution in [3.05, 3.63) is 34.3 Å². The van der Waals surface area contributed by atoms with Crippen LogP contribution in [0, 0.1) is 11.8 Å². The maximum atomic E-state index is 3.48. The third-order valence-corrected chi connectivity index (χ3v) is 4.27. The van der Waals surface area contributed by atoms with Gasteiger partial charge < -0.3 is 5.32 Å². The third kappa shape index (κ3) is 3.08. The van der Waals surface area contributed by atoms with Gasteiger partial charge in [0.2, 0.25) is 0 Å². The highest BCUT2D eigenvalue weighted by Gasteiger charge is 2.32. The largest absolute Gasteiger partial charge is 0.316 e. The van der Waals surface area contributed by atoms with E-state index in [1.807, 2.05) is 0 Å². The van der Waals surface area contributed by atoms with Gasteiger partial charge in [-0.2, -0.15) is 0 Å². The van der Waals surface area contributed by atoms with Gasteiger partial charge in [0.05, 0.1) is 0 Å². The molecule has 2 unspecified atom stereocenters. The molecule has 2 atom stereocenters. The molecule has 0 bridgehead atoms.